The van der Waals surface area contributed by atoms with Crippen molar-refractivity contribution in [2.45, 2.75) is 19.4 Å². The second kappa shape index (κ2) is 7.35. The van der Waals surface area contributed by atoms with Crippen LogP contribution >= 0.6 is 0 Å². The molecule has 0 spiro atoms. The van der Waals surface area contributed by atoms with E-state index >= 15 is 0 Å². The maximum absolute atomic E-state index is 13.5. The number of aliphatic hydroxyl groups is 1. The van der Waals surface area contributed by atoms with Gasteiger partial charge in [-0.05, 0) is 32.0 Å². The lowest BCUT2D eigenvalue weighted by Crippen LogP contribution is -2.46. The fourth-order valence-corrected chi connectivity index (χ4v) is 2.68. The Morgan fingerprint density at radius 1 is 1.36 bits per heavy atom. The number of benzene rings is 1. The van der Waals surface area contributed by atoms with Crippen molar-refractivity contribution < 1.29 is 14.3 Å². The summed E-state index contributed by atoms with van der Waals surface area (Å²) in [6.07, 6.45) is 2.90. The standard InChI is InChI=1S/C19H21FN6O2/c1-19(2,9-27)26-18(28)12-7-23-17-16(12)25-14(8-24-17)15(21)11-5-4-10(20)6-13(11)22-3/h4-8,21-22,27H,9H2,1-3H3,(H,23,24)(H,26,28). The molecule has 0 aliphatic heterocycles. The van der Waals surface area contributed by atoms with Crippen molar-refractivity contribution in [3.8, 4) is 0 Å². The molecule has 1 aromatic carbocycles. The predicted molar refractivity (Wildman–Crippen MR) is 104 cm³/mol. The monoisotopic (exact) mass is 384 g/mol. The molecular formula is C19H21FN6O2. The molecule has 0 aliphatic rings. The molecule has 3 rings (SSSR count). The van der Waals surface area contributed by atoms with E-state index in [4.69, 9.17) is 5.41 Å². The molecule has 3 aromatic rings. The van der Waals surface area contributed by atoms with Gasteiger partial charge in [-0.2, -0.15) is 0 Å². The van der Waals surface area contributed by atoms with Crippen molar-refractivity contribution >= 4 is 28.5 Å². The second-order valence-electron chi connectivity index (χ2n) is 6.97. The van der Waals surface area contributed by atoms with Gasteiger partial charge in [0.1, 0.15) is 17.0 Å². The van der Waals surface area contributed by atoms with Crippen LogP contribution in [0.5, 0.6) is 0 Å². The highest BCUT2D eigenvalue weighted by Crippen LogP contribution is 2.21. The van der Waals surface area contributed by atoms with Crippen LogP contribution in [0.1, 0.15) is 35.5 Å². The molecule has 2 heterocycles. The maximum Gasteiger partial charge on any atom is 0.255 e. The van der Waals surface area contributed by atoms with Crippen LogP contribution in [0.4, 0.5) is 10.1 Å². The van der Waals surface area contributed by atoms with Crippen LogP contribution in [0, 0.1) is 11.2 Å². The first-order valence-electron chi connectivity index (χ1n) is 8.60. The van der Waals surface area contributed by atoms with Crippen LogP contribution in [0.25, 0.3) is 11.2 Å². The minimum atomic E-state index is -0.797. The van der Waals surface area contributed by atoms with Crippen LogP contribution in [0.3, 0.4) is 0 Å². The van der Waals surface area contributed by atoms with Gasteiger partial charge in [0.2, 0.25) is 0 Å². The zero-order chi connectivity index (χ0) is 20.5. The summed E-state index contributed by atoms with van der Waals surface area (Å²) in [4.78, 5) is 24.1. The third kappa shape index (κ3) is 3.70. The van der Waals surface area contributed by atoms with Gasteiger partial charge in [0.25, 0.3) is 5.91 Å². The van der Waals surface area contributed by atoms with Crippen molar-refractivity contribution in [3.05, 3.63) is 53.2 Å². The Morgan fingerprint density at radius 2 is 2.11 bits per heavy atom. The van der Waals surface area contributed by atoms with Gasteiger partial charge in [-0.15, -0.1) is 0 Å². The summed E-state index contributed by atoms with van der Waals surface area (Å²) in [6, 6.07) is 4.05. The van der Waals surface area contributed by atoms with Gasteiger partial charge in [-0.1, -0.05) is 0 Å². The van der Waals surface area contributed by atoms with E-state index in [9.17, 15) is 14.3 Å². The number of nitrogens with one attached hydrogen (secondary N) is 4. The molecule has 0 bridgehead atoms. The molecule has 0 saturated heterocycles. The lowest BCUT2D eigenvalue weighted by Gasteiger charge is -2.23. The molecule has 1 amide bonds. The molecule has 28 heavy (non-hydrogen) atoms. The van der Waals surface area contributed by atoms with E-state index in [2.05, 4.69) is 25.6 Å². The highest BCUT2D eigenvalue weighted by molar-refractivity contribution is 6.14. The summed E-state index contributed by atoms with van der Waals surface area (Å²) >= 11 is 0. The quantitative estimate of drug-likeness (QED) is 0.416. The van der Waals surface area contributed by atoms with Crippen LogP contribution in [0.2, 0.25) is 0 Å². The van der Waals surface area contributed by atoms with E-state index in [1.54, 1.807) is 20.9 Å². The van der Waals surface area contributed by atoms with Gasteiger partial charge in [0.05, 0.1) is 29.6 Å². The molecule has 0 unspecified atom stereocenters. The first-order chi connectivity index (χ1) is 13.3. The van der Waals surface area contributed by atoms with Gasteiger partial charge in [0, 0.05) is 24.5 Å². The van der Waals surface area contributed by atoms with Crippen LogP contribution in [-0.4, -0.2) is 50.9 Å². The van der Waals surface area contributed by atoms with Gasteiger partial charge >= 0.3 is 0 Å². The number of aromatic nitrogens is 3. The van der Waals surface area contributed by atoms with E-state index < -0.39 is 17.3 Å². The summed E-state index contributed by atoms with van der Waals surface area (Å²) in [5.74, 6) is -0.834. The average Bonchev–Trinajstić information content (AvgIpc) is 3.10. The molecule has 146 valence electrons. The number of carbonyl (C=O) groups is 1. The van der Waals surface area contributed by atoms with E-state index in [-0.39, 0.29) is 23.6 Å². The Hall–Kier alpha value is -3.33. The number of nitrogens with zero attached hydrogens (tertiary/aromatic N) is 2. The summed E-state index contributed by atoms with van der Waals surface area (Å²) < 4.78 is 13.5. The first kappa shape index (κ1) is 19.4. The fourth-order valence-electron chi connectivity index (χ4n) is 2.68. The van der Waals surface area contributed by atoms with Crippen molar-refractivity contribution in [3.63, 3.8) is 0 Å². The van der Waals surface area contributed by atoms with Crippen LogP contribution in [0.15, 0.2) is 30.6 Å². The number of halogens is 1. The normalized spacial score (nSPS) is 11.5. The number of amides is 1. The number of aliphatic hydroxyl groups excluding tert-OH is 1. The van der Waals surface area contributed by atoms with Crippen molar-refractivity contribution in [2.75, 3.05) is 19.0 Å². The van der Waals surface area contributed by atoms with E-state index in [1.807, 2.05) is 0 Å². The van der Waals surface area contributed by atoms with E-state index in [1.165, 1.54) is 30.6 Å². The Kier molecular flexibility index (Phi) is 5.10. The lowest BCUT2D eigenvalue weighted by atomic mass is 10.0. The van der Waals surface area contributed by atoms with Crippen molar-refractivity contribution in [1.82, 2.24) is 20.3 Å². The molecule has 0 atom stereocenters. The van der Waals surface area contributed by atoms with Gasteiger partial charge in [-0.3, -0.25) is 10.2 Å². The van der Waals surface area contributed by atoms with Crippen LogP contribution in [-0.2, 0) is 0 Å². The van der Waals surface area contributed by atoms with Gasteiger partial charge in [0.15, 0.2) is 5.65 Å². The molecule has 0 radical (unpaired) electrons. The van der Waals surface area contributed by atoms with E-state index in [0.717, 1.165) is 0 Å². The fraction of sp³-hybridized carbons (Fsp3) is 0.263. The molecule has 2 aromatic heterocycles. The minimum Gasteiger partial charge on any atom is -0.394 e. The SMILES string of the molecule is CNc1cc(F)ccc1C(=N)c1cnc2[nH]cc(C(=O)NC(C)(C)CO)c2n1. The molecule has 5 N–H and O–H groups in total. The number of carbonyl (C=O) groups excluding carboxylic acids is 1. The number of hydrogen-bond donors (Lipinski definition) is 5. The van der Waals surface area contributed by atoms with Gasteiger partial charge < -0.3 is 20.7 Å². The topological polar surface area (TPSA) is 127 Å². The van der Waals surface area contributed by atoms with Gasteiger partial charge in [-0.25, -0.2) is 14.4 Å². The maximum atomic E-state index is 13.5. The Balaban J connectivity index is 2.01. The molecule has 9 heteroatoms. The largest absolute Gasteiger partial charge is 0.394 e. The third-order valence-corrected chi connectivity index (χ3v) is 4.25. The summed E-state index contributed by atoms with van der Waals surface area (Å²) in [5.41, 5.74) is 1.36. The zero-order valence-electron chi connectivity index (χ0n) is 15.7. The average molecular weight is 384 g/mol. The number of anilines is 1. The lowest BCUT2D eigenvalue weighted by molar-refractivity contribution is 0.0871. The Bertz CT molecular complexity index is 1060. The number of H-pyrrole nitrogens is 1. The summed E-state index contributed by atoms with van der Waals surface area (Å²) in [5, 5.41) is 23.4. The highest BCUT2D eigenvalue weighted by Gasteiger charge is 2.23. The molecule has 8 nitrogen and oxygen atoms in total. The van der Waals surface area contributed by atoms with E-state index in [0.29, 0.717) is 22.4 Å². The number of hydrogen-bond acceptors (Lipinski definition) is 6. The molecular weight excluding hydrogens is 363 g/mol. The third-order valence-electron chi connectivity index (χ3n) is 4.25. The molecule has 0 aliphatic carbocycles. The van der Waals surface area contributed by atoms with Crippen molar-refractivity contribution in [1.29, 1.82) is 5.41 Å². The second-order valence-corrected chi connectivity index (χ2v) is 6.97. The number of fused-ring (bicyclic) bond motifs is 1. The minimum absolute atomic E-state index is 0.0435. The number of aromatic amines is 1. The highest BCUT2D eigenvalue weighted by atomic mass is 19.1. The summed E-state index contributed by atoms with van der Waals surface area (Å²) in [6.45, 7) is 3.17. The smallest absolute Gasteiger partial charge is 0.255 e. The Labute approximate surface area is 160 Å². The number of rotatable bonds is 6. The molecule has 0 fully saturated rings. The Morgan fingerprint density at radius 3 is 2.79 bits per heavy atom. The van der Waals surface area contributed by atoms with Crippen molar-refractivity contribution in [2.24, 2.45) is 0 Å². The zero-order valence-corrected chi connectivity index (χ0v) is 15.7. The van der Waals surface area contributed by atoms with Crippen LogP contribution < -0.4 is 10.6 Å². The first-order valence-corrected chi connectivity index (χ1v) is 8.60. The predicted octanol–water partition coefficient (Wildman–Crippen LogP) is 2.06. The molecule has 0 saturated carbocycles. The summed E-state index contributed by atoms with van der Waals surface area (Å²) in [7, 11) is 1.64.